The normalized spacial score (nSPS) is 17.1. The Kier molecular flexibility index (Phi) is 4.57. The van der Waals surface area contributed by atoms with Crippen molar-refractivity contribution in [3.8, 4) is 5.75 Å². The number of nitrogens with zero attached hydrogens (tertiary/aromatic N) is 1. The van der Waals surface area contributed by atoms with Crippen molar-refractivity contribution >= 4 is 17.5 Å². The third-order valence-electron chi connectivity index (χ3n) is 3.67. The molecule has 1 aliphatic heterocycles. The van der Waals surface area contributed by atoms with Gasteiger partial charge in [0, 0.05) is 18.7 Å². The first-order valence-corrected chi connectivity index (χ1v) is 7.55. The van der Waals surface area contributed by atoms with Gasteiger partial charge in [-0.2, -0.15) is 0 Å². The quantitative estimate of drug-likeness (QED) is 0.919. The van der Waals surface area contributed by atoms with Crippen molar-refractivity contribution < 1.29 is 14.3 Å². The first-order valence-electron chi connectivity index (χ1n) is 7.55. The molecule has 0 spiro atoms. The van der Waals surface area contributed by atoms with Gasteiger partial charge in [0.2, 0.25) is 5.91 Å². The summed E-state index contributed by atoms with van der Waals surface area (Å²) in [5.74, 6) is 0.447. The first kappa shape index (κ1) is 15.1. The van der Waals surface area contributed by atoms with Crippen molar-refractivity contribution in [2.45, 2.75) is 12.5 Å². The van der Waals surface area contributed by atoms with Gasteiger partial charge in [0.25, 0.3) is 5.91 Å². The molecule has 0 bridgehead atoms. The molecule has 1 heterocycles. The minimum atomic E-state index is -0.221. The van der Waals surface area contributed by atoms with E-state index in [4.69, 9.17) is 4.74 Å². The molecule has 23 heavy (non-hydrogen) atoms. The summed E-state index contributed by atoms with van der Waals surface area (Å²) < 4.78 is 5.41. The van der Waals surface area contributed by atoms with Crippen LogP contribution in [0.4, 0.5) is 5.69 Å². The number of hydrogen-bond acceptors (Lipinski definition) is 3. The summed E-state index contributed by atoms with van der Waals surface area (Å²) in [4.78, 5) is 25.7. The first-order chi connectivity index (χ1) is 11.2. The second-order valence-electron chi connectivity index (χ2n) is 5.41. The molecule has 1 N–H and O–H groups in total. The van der Waals surface area contributed by atoms with Crippen LogP contribution in [0.5, 0.6) is 5.75 Å². The van der Waals surface area contributed by atoms with Gasteiger partial charge in [-0.1, -0.05) is 36.4 Å². The average Bonchev–Trinajstić information content (AvgIpc) is 2.95. The molecule has 3 rings (SSSR count). The zero-order valence-corrected chi connectivity index (χ0v) is 12.6. The van der Waals surface area contributed by atoms with Crippen molar-refractivity contribution in [3.05, 3.63) is 60.7 Å². The van der Waals surface area contributed by atoms with Crippen molar-refractivity contribution in [1.82, 2.24) is 5.32 Å². The third-order valence-corrected chi connectivity index (χ3v) is 3.67. The van der Waals surface area contributed by atoms with E-state index in [1.807, 2.05) is 48.5 Å². The number of para-hydroxylation sites is 2. The Morgan fingerprint density at radius 3 is 2.43 bits per heavy atom. The van der Waals surface area contributed by atoms with Gasteiger partial charge in [-0.3, -0.25) is 9.59 Å². The molecular formula is C18H18N2O3. The van der Waals surface area contributed by atoms with Gasteiger partial charge in [-0.25, -0.2) is 0 Å². The highest BCUT2D eigenvalue weighted by Gasteiger charge is 2.31. The van der Waals surface area contributed by atoms with Gasteiger partial charge in [-0.05, 0) is 24.3 Å². The van der Waals surface area contributed by atoms with Crippen LogP contribution in [0.3, 0.4) is 0 Å². The number of benzene rings is 2. The molecule has 1 saturated heterocycles. The fourth-order valence-corrected chi connectivity index (χ4v) is 2.60. The Hall–Kier alpha value is -2.82. The maximum absolute atomic E-state index is 12.1. The maximum atomic E-state index is 12.1. The number of nitrogens with one attached hydrogen (secondary N) is 1. The van der Waals surface area contributed by atoms with E-state index in [1.54, 1.807) is 17.0 Å². The molecule has 0 aliphatic carbocycles. The van der Waals surface area contributed by atoms with E-state index in [9.17, 15) is 9.59 Å². The summed E-state index contributed by atoms with van der Waals surface area (Å²) in [5, 5.41) is 2.85. The summed E-state index contributed by atoms with van der Waals surface area (Å²) in [6, 6.07) is 18.5. The van der Waals surface area contributed by atoms with Crippen molar-refractivity contribution in [2.24, 2.45) is 0 Å². The summed E-state index contributed by atoms with van der Waals surface area (Å²) >= 11 is 0. The molecule has 2 aromatic rings. The van der Waals surface area contributed by atoms with E-state index in [0.717, 1.165) is 5.69 Å². The molecule has 1 unspecified atom stereocenters. The van der Waals surface area contributed by atoms with Gasteiger partial charge in [0.15, 0.2) is 6.61 Å². The molecule has 118 valence electrons. The number of carbonyl (C=O) groups is 2. The van der Waals surface area contributed by atoms with Crippen LogP contribution in [0, 0.1) is 0 Å². The number of rotatable bonds is 5. The van der Waals surface area contributed by atoms with Crippen molar-refractivity contribution in [3.63, 3.8) is 0 Å². The second-order valence-corrected chi connectivity index (χ2v) is 5.41. The Balaban J connectivity index is 1.51. The molecule has 5 nitrogen and oxygen atoms in total. The van der Waals surface area contributed by atoms with Crippen LogP contribution in [0.15, 0.2) is 60.7 Å². The van der Waals surface area contributed by atoms with E-state index >= 15 is 0 Å². The lowest BCUT2D eigenvalue weighted by Gasteiger charge is -2.17. The number of anilines is 1. The van der Waals surface area contributed by atoms with E-state index in [1.165, 1.54) is 0 Å². The summed E-state index contributed by atoms with van der Waals surface area (Å²) in [6.07, 6.45) is 0.311. The van der Waals surface area contributed by atoms with Gasteiger partial charge < -0.3 is 15.0 Å². The molecule has 0 saturated carbocycles. The molecular weight excluding hydrogens is 292 g/mol. The average molecular weight is 310 g/mol. The Morgan fingerprint density at radius 1 is 1.09 bits per heavy atom. The lowest BCUT2D eigenvalue weighted by molar-refractivity contribution is -0.123. The van der Waals surface area contributed by atoms with Crippen molar-refractivity contribution in [1.29, 1.82) is 0 Å². The van der Waals surface area contributed by atoms with E-state index in [0.29, 0.717) is 18.7 Å². The van der Waals surface area contributed by atoms with E-state index in [-0.39, 0.29) is 24.5 Å². The summed E-state index contributed by atoms with van der Waals surface area (Å²) in [5.41, 5.74) is 0.856. The van der Waals surface area contributed by atoms with Gasteiger partial charge in [0.1, 0.15) is 5.75 Å². The Morgan fingerprint density at radius 2 is 1.74 bits per heavy atom. The lowest BCUT2D eigenvalue weighted by Crippen LogP contribution is -2.39. The fourth-order valence-electron chi connectivity index (χ4n) is 2.60. The van der Waals surface area contributed by atoms with Crippen LogP contribution in [-0.4, -0.2) is 31.0 Å². The SMILES string of the molecule is O=C(COc1ccccc1)NC1CC(=O)N(c2ccccc2)C1. The van der Waals surface area contributed by atoms with E-state index in [2.05, 4.69) is 5.32 Å². The highest BCUT2D eigenvalue weighted by molar-refractivity contribution is 5.96. The minimum Gasteiger partial charge on any atom is -0.484 e. The largest absolute Gasteiger partial charge is 0.484 e. The predicted octanol–water partition coefficient (Wildman–Crippen LogP) is 1.99. The molecule has 1 atom stereocenters. The summed E-state index contributed by atoms with van der Waals surface area (Å²) in [7, 11) is 0. The third kappa shape index (κ3) is 3.88. The van der Waals surface area contributed by atoms with Crippen LogP contribution in [-0.2, 0) is 9.59 Å². The van der Waals surface area contributed by atoms with Gasteiger partial charge in [0.05, 0.1) is 6.04 Å². The van der Waals surface area contributed by atoms with Gasteiger partial charge >= 0.3 is 0 Å². The van der Waals surface area contributed by atoms with Crippen LogP contribution in [0.25, 0.3) is 0 Å². The highest BCUT2D eigenvalue weighted by Crippen LogP contribution is 2.20. The maximum Gasteiger partial charge on any atom is 0.258 e. The smallest absolute Gasteiger partial charge is 0.258 e. The number of amides is 2. The topological polar surface area (TPSA) is 58.6 Å². The molecule has 1 aliphatic rings. The van der Waals surface area contributed by atoms with Crippen LogP contribution in [0.1, 0.15) is 6.42 Å². The second kappa shape index (κ2) is 6.96. The standard InChI is InChI=1S/C18H18N2O3/c21-17(13-23-16-9-5-2-6-10-16)19-14-11-18(22)20(12-14)15-7-3-1-4-8-15/h1-10,14H,11-13H2,(H,19,21). The molecule has 2 amide bonds. The van der Waals surface area contributed by atoms with E-state index < -0.39 is 0 Å². The zero-order valence-electron chi connectivity index (χ0n) is 12.6. The fraction of sp³-hybridized carbons (Fsp3) is 0.222. The van der Waals surface area contributed by atoms with Gasteiger partial charge in [-0.15, -0.1) is 0 Å². The van der Waals surface area contributed by atoms with Crippen molar-refractivity contribution in [2.75, 3.05) is 18.1 Å². The zero-order chi connectivity index (χ0) is 16.1. The number of hydrogen-bond donors (Lipinski definition) is 1. The number of carbonyl (C=O) groups excluding carboxylic acids is 2. The summed E-state index contributed by atoms with van der Waals surface area (Å²) in [6.45, 7) is 0.431. The molecule has 0 radical (unpaired) electrons. The number of ether oxygens (including phenoxy) is 1. The monoisotopic (exact) mass is 310 g/mol. The van der Waals surface area contributed by atoms with Crippen LogP contribution in [0.2, 0.25) is 0 Å². The molecule has 0 aromatic heterocycles. The Bertz CT molecular complexity index is 673. The minimum absolute atomic E-state index is 0.0190. The molecule has 1 fully saturated rings. The van der Waals surface area contributed by atoms with Crippen LogP contribution >= 0.6 is 0 Å². The highest BCUT2D eigenvalue weighted by atomic mass is 16.5. The van der Waals surface area contributed by atoms with Crippen LogP contribution < -0.4 is 15.0 Å². The Labute approximate surface area is 134 Å². The molecule has 5 heteroatoms. The predicted molar refractivity (Wildman–Crippen MR) is 87.3 cm³/mol. The lowest BCUT2D eigenvalue weighted by atomic mass is 10.2. The molecule has 2 aromatic carbocycles.